The van der Waals surface area contributed by atoms with E-state index in [2.05, 4.69) is 10.3 Å². The molecule has 0 unspecified atom stereocenters. The van der Waals surface area contributed by atoms with E-state index in [-0.39, 0.29) is 12.0 Å². The molecule has 164 valence electrons. The minimum absolute atomic E-state index is 0.0803. The lowest BCUT2D eigenvalue weighted by molar-refractivity contribution is -0.126. The van der Waals surface area contributed by atoms with Crippen molar-refractivity contribution in [2.75, 3.05) is 13.2 Å². The van der Waals surface area contributed by atoms with E-state index in [4.69, 9.17) is 14.2 Å². The van der Waals surface area contributed by atoms with Gasteiger partial charge >= 0.3 is 0 Å². The number of hydrogen-bond acceptors (Lipinski definition) is 5. The average molecular weight is 423 g/mol. The van der Waals surface area contributed by atoms with Crippen LogP contribution in [-0.2, 0) is 16.8 Å². The second-order valence-corrected chi connectivity index (χ2v) is 8.86. The average Bonchev–Trinajstić information content (AvgIpc) is 3.50. The fraction of sp³-hybridized carbons (Fsp3) is 0.520. The molecule has 0 saturated heterocycles. The Bertz CT molecular complexity index is 933. The lowest BCUT2D eigenvalue weighted by atomic mass is 9.77. The summed E-state index contributed by atoms with van der Waals surface area (Å²) in [5.74, 6) is 2.23. The number of nitrogens with one attached hydrogen (secondary N) is 1. The molecule has 31 heavy (non-hydrogen) atoms. The Morgan fingerprint density at radius 3 is 2.61 bits per heavy atom. The first kappa shape index (κ1) is 20.2. The van der Waals surface area contributed by atoms with E-state index >= 15 is 0 Å². The van der Waals surface area contributed by atoms with Crippen LogP contribution in [0.1, 0.15) is 62.5 Å². The van der Waals surface area contributed by atoms with Gasteiger partial charge in [-0.05, 0) is 67.9 Å². The summed E-state index contributed by atoms with van der Waals surface area (Å²) in [6, 6.07) is 9.85. The molecule has 5 rings (SSSR count). The van der Waals surface area contributed by atoms with Crippen LogP contribution in [0, 0.1) is 0 Å². The molecule has 2 heterocycles. The number of benzene rings is 1. The van der Waals surface area contributed by atoms with Crippen LogP contribution >= 0.6 is 0 Å². The number of hydrogen-bond donors (Lipinski definition) is 1. The summed E-state index contributed by atoms with van der Waals surface area (Å²) < 4.78 is 17.4. The van der Waals surface area contributed by atoms with E-state index in [1.165, 1.54) is 12.8 Å². The number of carbonyl (C=O) groups excluding carboxylic acids is 1. The molecule has 2 aromatic rings. The van der Waals surface area contributed by atoms with Crippen LogP contribution in [0.15, 0.2) is 36.5 Å². The second kappa shape index (κ2) is 8.77. The molecule has 0 spiro atoms. The van der Waals surface area contributed by atoms with E-state index in [0.29, 0.717) is 25.6 Å². The van der Waals surface area contributed by atoms with Crippen molar-refractivity contribution < 1.29 is 19.0 Å². The zero-order valence-corrected chi connectivity index (χ0v) is 17.9. The fourth-order valence-electron chi connectivity index (χ4n) is 5.12. The van der Waals surface area contributed by atoms with Crippen molar-refractivity contribution in [2.45, 2.75) is 69.4 Å². The van der Waals surface area contributed by atoms with Gasteiger partial charge in [0.25, 0.3) is 0 Å². The van der Waals surface area contributed by atoms with Crippen molar-refractivity contribution in [3.8, 4) is 17.4 Å². The van der Waals surface area contributed by atoms with Crippen molar-refractivity contribution in [3.63, 3.8) is 0 Å². The number of aromatic nitrogens is 1. The summed E-state index contributed by atoms with van der Waals surface area (Å²) in [7, 11) is 0. The summed E-state index contributed by atoms with van der Waals surface area (Å²) in [4.78, 5) is 17.8. The zero-order valence-electron chi connectivity index (χ0n) is 17.9. The van der Waals surface area contributed by atoms with Gasteiger partial charge in [0.15, 0.2) is 11.5 Å². The molecule has 2 saturated carbocycles. The molecule has 2 fully saturated rings. The van der Waals surface area contributed by atoms with Crippen LogP contribution in [0.4, 0.5) is 0 Å². The predicted molar refractivity (Wildman–Crippen MR) is 117 cm³/mol. The lowest BCUT2D eigenvalue weighted by Crippen LogP contribution is -2.42. The number of amides is 1. The molecular formula is C25H30N2O4. The minimum atomic E-state index is -0.508. The van der Waals surface area contributed by atoms with E-state index < -0.39 is 5.41 Å². The number of fused-ring (bicyclic) bond motifs is 1. The van der Waals surface area contributed by atoms with Gasteiger partial charge in [-0.15, -0.1) is 0 Å². The van der Waals surface area contributed by atoms with Crippen LogP contribution in [0.25, 0.3) is 0 Å². The predicted octanol–water partition coefficient (Wildman–Crippen LogP) is 4.30. The van der Waals surface area contributed by atoms with Gasteiger partial charge in [-0.3, -0.25) is 4.79 Å². The van der Waals surface area contributed by atoms with Gasteiger partial charge in [0.05, 0.1) is 5.41 Å². The van der Waals surface area contributed by atoms with Crippen LogP contribution in [-0.4, -0.2) is 30.2 Å². The van der Waals surface area contributed by atoms with Crippen molar-refractivity contribution in [2.24, 2.45) is 0 Å². The van der Waals surface area contributed by atoms with Crippen LogP contribution in [0.3, 0.4) is 0 Å². The smallest absolute Gasteiger partial charge is 0.230 e. The third-order valence-corrected chi connectivity index (χ3v) is 6.83. The van der Waals surface area contributed by atoms with Gasteiger partial charge in [0.1, 0.15) is 19.3 Å². The highest BCUT2D eigenvalue weighted by molar-refractivity contribution is 5.88. The Kier molecular flexibility index (Phi) is 5.70. The molecule has 1 aromatic carbocycles. The largest absolute Gasteiger partial charge is 0.486 e. The minimum Gasteiger partial charge on any atom is -0.486 e. The Hall–Kier alpha value is -2.76. The first-order valence-electron chi connectivity index (χ1n) is 11.5. The Labute approximate surface area is 183 Å². The number of rotatable bonds is 6. The second-order valence-electron chi connectivity index (χ2n) is 8.86. The van der Waals surface area contributed by atoms with Crippen LogP contribution in [0.5, 0.6) is 17.4 Å². The van der Waals surface area contributed by atoms with E-state index in [9.17, 15) is 4.79 Å². The molecule has 2 aliphatic carbocycles. The maximum atomic E-state index is 13.4. The van der Waals surface area contributed by atoms with E-state index in [0.717, 1.165) is 61.2 Å². The van der Waals surface area contributed by atoms with Gasteiger partial charge in [-0.25, -0.2) is 4.98 Å². The van der Waals surface area contributed by atoms with E-state index in [1.54, 1.807) is 6.20 Å². The standard InChI is InChI=1S/C25H30N2O4/c28-24(27-17-18-9-12-26-23(15-18)31-20-5-1-2-6-20)25(10-3-4-11-25)19-7-8-21-22(16-19)30-14-13-29-21/h7-9,12,15-16,20H,1-6,10-11,13-14,17H2,(H,27,28). The molecule has 1 N–H and O–H groups in total. The number of nitrogens with zero attached hydrogens (tertiary/aromatic N) is 1. The molecule has 1 aliphatic heterocycles. The molecule has 0 atom stereocenters. The molecule has 1 aromatic heterocycles. The molecule has 0 radical (unpaired) electrons. The van der Waals surface area contributed by atoms with Crippen molar-refractivity contribution in [1.29, 1.82) is 0 Å². The fourth-order valence-corrected chi connectivity index (χ4v) is 5.12. The molecule has 3 aliphatic rings. The van der Waals surface area contributed by atoms with Crippen molar-refractivity contribution in [1.82, 2.24) is 10.3 Å². The molecule has 1 amide bonds. The summed E-state index contributed by atoms with van der Waals surface area (Å²) >= 11 is 0. The Balaban J connectivity index is 1.29. The SMILES string of the molecule is O=C(NCc1ccnc(OC2CCCC2)c1)C1(c2ccc3c(c2)OCCO3)CCCC1. The quantitative estimate of drug-likeness (QED) is 0.752. The summed E-state index contributed by atoms with van der Waals surface area (Å²) in [5.41, 5.74) is 1.52. The maximum absolute atomic E-state index is 13.4. The molecule has 6 heteroatoms. The third-order valence-electron chi connectivity index (χ3n) is 6.83. The summed E-state index contributed by atoms with van der Waals surface area (Å²) in [5, 5.41) is 3.19. The number of carbonyl (C=O) groups is 1. The topological polar surface area (TPSA) is 69.7 Å². The van der Waals surface area contributed by atoms with Gasteiger partial charge in [-0.1, -0.05) is 18.9 Å². The lowest BCUT2D eigenvalue weighted by Gasteiger charge is -2.30. The van der Waals surface area contributed by atoms with Gasteiger partial charge in [-0.2, -0.15) is 0 Å². The third kappa shape index (κ3) is 4.21. The van der Waals surface area contributed by atoms with Crippen LogP contribution in [0.2, 0.25) is 0 Å². The maximum Gasteiger partial charge on any atom is 0.230 e. The number of ether oxygens (including phenoxy) is 3. The normalized spacial score (nSPS) is 19.9. The van der Waals surface area contributed by atoms with Crippen molar-refractivity contribution >= 4 is 5.91 Å². The highest BCUT2D eigenvalue weighted by atomic mass is 16.6. The summed E-state index contributed by atoms with van der Waals surface area (Å²) in [6.07, 6.45) is 10.5. The summed E-state index contributed by atoms with van der Waals surface area (Å²) in [6.45, 7) is 1.58. The van der Waals surface area contributed by atoms with E-state index in [1.807, 2.05) is 30.3 Å². The highest BCUT2D eigenvalue weighted by Crippen LogP contribution is 2.44. The zero-order chi connectivity index (χ0) is 21.1. The highest BCUT2D eigenvalue weighted by Gasteiger charge is 2.43. The number of pyridine rings is 1. The van der Waals surface area contributed by atoms with Gasteiger partial charge in [0.2, 0.25) is 11.8 Å². The Morgan fingerprint density at radius 1 is 1.03 bits per heavy atom. The first-order valence-corrected chi connectivity index (χ1v) is 11.5. The Morgan fingerprint density at radius 2 is 1.81 bits per heavy atom. The molecule has 0 bridgehead atoms. The first-order chi connectivity index (χ1) is 15.2. The van der Waals surface area contributed by atoms with Gasteiger partial charge in [0, 0.05) is 18.8 Å². The molecular weight excluding hydrogens is 392 g/mol. The molecule has 6 nitrogen and oxygen atoms in total. The monoisotopic (exact) mass is 422 g/mol. The van der Waals surface area contributed by atoms with Crippen molar-refractivity contribution in [3.05, 3.63) is 47.7 Å². The van der Waals surface area contributed by atoms with Crippen LogP contribution < -0.4 is 19.5 Å². The van der Waals surface area contributed by atoms with Gasteiger partial charge < -0.3 is 19.5 Å².